The van der Waals surface area contributed by atoms with Crippen molar-refractivity contribution in [1.82, 2.24) is 4.98 Å². The minimum absolute atomic E-state index is 0.0178. The van der Waals surface area contributed by atoms with Crippen LogP contribution in [0.2, 0.25) is 0 Å². The first-order valence-electron chi connectivity index (χ1n) is 6.04. The zero-order valence-corrected chi connectivity index (χ0v) is 11.3. The lowest BCUT2D eigenvalue weighted by Gasteiger charge is -2.00. The van der Waals surface area contributed by atoms with Crippen molar-refractivity contribution in [2.24, 2.45) is 5.92 Å². The van der Waals surface area contributed by atoms with Gasteiger partial charge in [-0.25, -0.2) is 4.98 Å². The molecule has 5 heteroatoms. The lowest BCUT2D eigenvalue weighted by atomic mass is 10.3. The lowest BCUT2D eigenvalue weighted by molar-refractivity contribution is -0.118. The van der Waals surface area contributed by atoms with Crippen LogP contribution in [0.5, 0.6) is 0 Å². The molecule has 1 amide bonds. The van der Waals surface area contributed by atoms with E-state index >= 15 is 0 Å². The van der Waals surface area contributed by atoms with Crippen LogP contribution in [-0.2, 0) is 16.0 Å². The Balaban J connectivity index is 1.90. The smallest absolute Gasteiger partial charge is 0.231 e. The quantitative estimate of drug-likeness (QED) is 0.877. The second-order valence-corrected chi connectivity index (χ2v) is 5.40. The topological polar surface area (TPSA) is 51.2 Å². The zero-order chi connectivity index (χ0) is 12.4. The van der Waals surface area contributed by atoms with Gasteiger partial charge in [0.15, 0.2) is 5.13 Å². The number of hydrogen-bond donors (Lipinski definition) is 1. The van der Waals surface area contributed by atoms with Crippen molar-refractivity contribution < 1.29 is 9.53 Å². The number of nitrogens with one attached hydrogen (secondary N) is 1. The van der Waals surface area contributed by atoms with Gasteiger partial charge in [-0.15, -0.1) is 11.3 Å². The molecule has 1 aliphatic carbocycles. The highest BCUT2D eigenvalue weighted by atomic mass is 32.1. The number of carbonyl (C=O) groups is 1. The molecule has 0 spiro atoms. The van der Waals surface area contributed by atoms with Gasteiger partial charge in [-0.1, -0.05) is 6.92 Å². The molecule has 1 saturated carbocycles. The molecule has 0 aromatic carbocycles. The van der Waals surface area contributed by atoms with E-state index in [9.17, 15) is 4.79 Å². The summed E-state index contributed by atoms with van der Waals surface area (Å²) < 4.78 is 5.40. The third-order valence-electron chi connectivity index (χ3n) is 2.91. The molecule has 2 rings (SSSR count). The molecule has 1 fully saturated rings. The highest BCUT2D eigenvalue weighted by Gasteiger charge is 2.44. The fraction of sp³-hybridized carbons (Fsp3) is 0.667. The van der Waals surface area contributed by atoms with Crippen molar-refractivity contribution in [2.75, 3.05) is 11.9 Å². The molecule has 1 heterocycles. The maximum absolute atomic E-state index is 11.8. The van der Waals surface area contributed by atoms with Crippen LogP contribution in [0.1, 0.15) is 30.8 Å². The molecule has 1 N–H and O–H groups in total. The Labute approximate surface area is 105 Å². The highest BCUT2D eigenvalue weighted by Crippen LogP contribution is 2.35. The Bertz CT molecular complexity index is 417. The molecular formula is C12H18N2O2S. The Kier molecular flexibility index (Phi) is 3.79. The van der Waals surface area contributed by atoms with Gasteiger partial charge in [0.25, 0.3) is 0 Å². The molecule has 0 bridgehead atoms. The molecule has 1 aromatic heterocycles. The van der Waals surface area contributed by atoms with Crippen LogP contribution >= 0.6 is 11.3 Å². The number of aromatic nitrogens is 1. The summed E-state index contributed by atoms with van der Waals surface area (Å²) in [7, 11) is 0. The van der Waals surface area contributed by atoms with Gasteiger partial charge in [0, 0.05) is 11.5 Å². The molecule has 0 saturated heterocycles. The molecule has 17 heavy (non-hydrogen) atoms. The first-order chi connectivity index (χ1) is 8.15. The molecule has 1 aliphatic rings. The maximum atomic E-state index is 11.8. The fourth-order valence-corrected chi connectivity index (χ4v) is 2.76. The summed E-state index contributed by atoms with van der Waals surface area (Å²) in [5.74, 6) is 0.0593. The van der Waals surface area contributed by atoms with Gasteiger partial charge in [-0.3, -0.25) is 4.79 Å². The monoisotopic (exact) mass is 254 g/mol. The third kappa shape index (κ3) is 2.84. The molecule has 0 radical (unpaired) electrons. The average Bonchev–Trinajstić information content (AvgIpc) is 2.97. The third-order valence-corrected chi connectivity index (χ3v) is 3.84. The van der Waals surface area contributed by atoms with E-state index in [1.54, 1.807) is 11.3 Å². The Morgan fingerprint density at radius 2 is 2.35 bits per heavy atom. The van der Waals surface area contributed by atoms with Crippen LogP contribution in [0.25, 0.3) is 0 Å². The van der Waals surface area contributed by atoms with E-state index < -0.39 is 0 Å². The molecule has 1 aromatic rings. The second kappa shape index (κ2) is 5.14. The van der Waals surface area contributed by atoms with Gasteiger partial charge in [-0.05, 0) is 26.7 Å². The number of anilines is 1. The van der Waals surface area contributed by atoms with Crippen molar-refractivity contribution >= 4 is 22.4 Å². The Hall–Kier alpha value is -0.940. The summed E-state index contributed by atoms with van der Waals surface area (Å²) in [6.45, 7) is 6.72. The normalized spacial score (nSPS) is 22.5. The molecular weight excluding hydrogens is 236 g/mol. The Morgan fingerprint density at radius 3 is 2.94 bits per heavy atom. The summed E-state index contributed by atoms with van der Waals surface area (Å²) in [6, 6.07) is 0. The summed E-state index contributed by atoms with van der Waals surface area (Å²) in [5, 5.41) is 3.59. The zero-order valence-electron chi connectivity index (χ0n) is 10.4. The highest BCUT2D eigenvalue weighted by molar-refractivity contribution is 7.15. The van der Waals surface area contributed by atoms with Crippen LogP contribution in [0, 0.1) is 12.8 Å². The standard InChI is InChI=1S/C12H18N2O2S/c1-4-9-7(3)17-12(13-9)14-11(15)8-6-10(8)16-5-2/h8,10H,4-6H2,1-3H3,(H,13,14,15). The molecule has 2 unspecified atom stereocenters. The molecule has 94 valence electrons. The average molecular weight is 254 g/mol. The van der Waals surface area contributed by atoms with Gasteiger partial charge in [0.05, 0.1) is 17.7 Å². The van der Waals surface area contributed by atoms with E-state index in [0.717, 1.165) is 18.5 Å². The van der Waals surface area contributed by atoms with Crippen LogP contribution in [0.15, 0.2) is 0 Å². The number of ether oxygens (including phenoxy) is 1. The minimum Gasteiger partial charge on any atom is -0.378 e. The fourth-order valence-electron chi connectivity index (χ4n) is 1.85. The van der Waals surface area contributed by atoms with E-state index in [-0.39, 0.29) is 17.9 Å². The molecule has 4 nitrogen and oxygen atoms in total. The van der Waals surface area contributed by atoms with Gasteiger partial charge in [0.1, 0.15) is 0 Å². The summed E-state index contributed by atoms with van der Waals surface area (Å²) in [6.07, 6.45) is 1.86. The van der Waals surface area contributed by atoms with Gasteiger partial charge < -0.3 is 10.1 Å². The largest absolute Gasteiger partial charge is 0.378 e. The number of thiazole rings is 1. The second-order valence-electron chi connectivity index (χ2n) is 4.20. The SMILES string of the molecule is CCOC1CC1C(=O)Nc1nc(CC)c(C)s1. The Morgan fingerprint density at radius 1 is 1.59 bits per heavy atom. The molecule has 0 aliphatic heterocycles. The van der Waals surface area contributed by atoms with Crippen molar-refractivity contribution in [3.8, 4) is 0 Å². The molecule has 2 atom stereocenters. The van der Waals surface area contributed by atoms with E-state index in [0.29, 0.717) is 11.7 Å². The number of carbonyl (C=O) groups excluding carboxylic acids is 1. The van der Waals surface area contributed by atoms with E-state index in [1.165, 1.54) is 4.88 Å². The number of nitrogens with zero attached hydrogens (tertiary/aromatic N) is 1. The summed E-state index contributed by atoms with van der Waals surface area (Å²) in [4.78, 5) is 17.4. The van der Waals surface area contributed by atoms with Crippen molar-refractivity contribution in [1.29, 1.82) is 0 Å². The van der Waals surface area contributed by atoms with Crippen molar-refractivity contribution in [2.45, 2.75) is 39.7 Å². The lowest BCUT2D eigenvalue weighted by Crippen LogP contribution is -2.16. The summed E-state index contributed by atoms with van der Waals surface area (Å²) in [5.41, 5.74) is 1.07. The predicted octanol–water partition coefficient (Wildman–Crippen LogP) is 2.38. The maximum Gasteiger partial charge on any atom is 0.231 e. The van der Waals surface area contributed by atoms with Crippen LogP contribution in [0.3, 0.4) is 0 Å². The van der Waals surface area contributed by atoms with E-state index in [2.05, 4.69) is 17.2 Å². The first kappa shape index (κ1) is 12.5. The van der Waals surface area contributed by atoms with Crippen LogP contribution in [0.4, 0.5) is 5.13 Å². The van der Waals surface area contributed by atoms with Gasteiger partial charge in [0.2, 0.25) is 5.91 Å². The number of rotatable bonds is 5. The minimum atomic E-state index is 0.0178. The van der Waals surface area contributed by atoms with Crippen LogP contribution < -0.4 is 5.32 Å². The number of aryl methyl sites for hydroxylation is 2. The van der Waals surface area contributed by atoms with Gasteiger partial charge >= 0.3 is 0 Å². The van der Waals surface area contributed by atoms with E-state index in [1.807, 2.05) is 13.8 Å². The van der Waals surface area contributed by atoms with Gasteiger partial charge in [-0.2, -0.15) is 0 Å². The van der Waals surface area contributed by atoms with Crippen molar-refractivity contribution in [3.63, 3.8) is 0 Å². The predicted molar refractivity (Wildman–Crippen MR) is 68.4 cm³/mol. The number of amides is 1. The van der Waals surface area contributed by atoms with Crippen molar-refractivity contribution in [3.05, 3.63) is 10.6 Å². The first-order valence-corrected chi connectivity index (χ1v) is 6.86. The van der Waals surface area contributed by atoms with E-state index in [4.69, 9.17) is 4.74 Å². The van der Waals surface area contributed by atoms with Crippen LogP contribution in [-0.4, -0.2) is 23.6 Å². The summed E-state index contributed by atoms with van der Waals surface area (Å²) >= 11 is 1.54. The number of hydrogen-bond acceptors (Lipinski definition) is 4.